The molecule has 0 bridgehead atoms. The van der Waals surface area contributed by atoms with Gasteiger partial charge in [0.15, 0.2) is 0 Å². The summed E-state index contributed by atoms with van der Waals surface area (Å²) in [6.45, 7) is 0.873. The van der Waals surface area contributed by atoms with Gasteiger partial charge in [0.25, 0.3) is 5.92 Å². The Balaban J connectivity index is 0.000000268. The van der Waals surface area contributed by atoms with Gasteiger partial charge in [0.05, 0.1) is 24.1 Å². The minimum atomic E-state index is -5.64. The van der Waals surface area contributed by atoms with Gasteiger partial charge in [-0.1, -0.05) is 63.6 Å². The van der Waals surface area contributed by atoms with Crippen molar-refractivity contribution < 1.29 is 31.9 Å². The number of hydrogen-bond donors (Lipinski definition) is 2. The molecule has 0 heterocycles. The van der Waals surface area contributed by atoms with E-state index in [1.54, 1.807) is 18.2 Å². The van der Waals surface area contributed by atoms with Crippen molar-refractivity contribution in [3.63, 3.8) is 0 Å². The van der Waals surface area contributed by atoms with Crippen LogP contribution in [0.4, 0.5) is 17.6 Å². The second-order valence-corrected chi connectivity index (χ2v) is 11.7. The number of benzene rings is 4. The molecule has 0 aliphatic rings. The van der Waals surface area contributed by atoms with E-state index in [0.717, 1.165) is 29.3 Å². The summed E-state index contributed by atoms with van der Waals surface area (Å²) in [6.07, 6.45) is 0.282. The van der Waals surface area contributed by atoms with E-state index in [0.29, 0.717) is 15.2 Å². The molecule has 4 rings (SSSR count). The zero-order valence-corrected chi connectivity index (χ0v) is 23.5. The molecular weight excluding hydrogens is 667 g/mol. The van der Waals surface area contributed by atoms with Crippen LogP contribution in [0.15, 0.2) is 69.6 Å². The lowest BCUT2D eigenvalue weighted by Gasteiger charge is -2.19. The van der Waals surface area contributed by atoms with Gasteiger partial charge in [-0.25, -0.2) is 8.78 Å². The van der Waals surface area contributed by atoms with E-state index in [1.165, 1.54) is 24.3 Å². The fraction of sp³-hybridized carbons (Fsp3) is 0.185. The van der Waals surface area contributed by atoms with Gasteiger partial charge in [-0.3, -0.25) is 4.57 Å². The van der Waals surface area contributed by atoms with E-state index < -0.39 is 24.7 Å². The highest BCUT2D eigenvalue weighted by Gasteiger charge is 2.51. The van der Waals surface area contributed by atoms with Gasteiger partial charge in [0.1, 0.15) is 0 Å². The number of nitriles is 2. The van der Waals surface area contributed by atoms with E-state index in [-0.39, 0.29) is 29.4 Å². The van der Waals surface area contributed by atoms with Gasteiger partial charge in [0, 0.05) is 27.0 Å². The quantitative estimate of drug-likeness (QED) is 0.164. The average molecular weight is 688 g/mol. The lowest BCUT2D eigenvalue weighted by atomic mass is 10.0. The molecule has 2 N–H and O–H groups in total. The predicted molar refractivity (Wildman–Crippen MR) is 150 cm³/mol. The number of halogens is 6. The van der Waals surface area contributed by atoms with Crippen molar-refractivity contribution in [1.29, 1.82) is 10.5 Å². The highest BCUT2D eigenvalue weighted by atomic mass is 79.9. The fourth-order valence-corrected chi connectivity index (χ4v) is 5.56. The van der Waals surface area contributed by atoms with E-state index in [1.807, 2.05) is 24.3 Å². The van der Waals surface area contributed by atoms with Gasteiger partial charge >= 0.3 is 13.3 Å². The summed E-state index contributed by atoms with van der Waals surface area (Å²) in [7, 11) is -5.64. The van der Waals surface area contributed by atoms with Gasteiger partial charge in [-0.05, 0) is 63.5 Å². The van der Waals surface area contributed by atoms with E-state index in [2.05, 4.69) is 31.9 Å². The molecule has 12 heteroatoms. The van der Waals surface area contributed by atoms with Crippen LogP contribution in [0.2, 0.25) is 0 Å². The molecule has 0 saturated carbocycles. The maximum Gasteiger partial charge on any atom is 0.399 e. The van der Waals surface area contributed by atoms with Crippen LogP contribution >= 0.6 is 39.5 Å². The largest absolute Gasteiger partial charge is 0.399 e. The second-order valence-electron chi connectivity index (χ2n) is 8.33. The van der Waals surface area contributed by atoms with Crippen LogP contribution in [0.3, 0.4) is 0 Å². The molecular formula is C27H21Br2F4N2O3P. The summed E-state index contributed by atoms with van der Waals surface area (Å²) in [5.74, 6) is -2.89. The summed E-state index contributed by atoms with van der Waals surface area (Å²) in [5, 5.41) is 19.9. The lowest BCUT2D eigenvalue weighted by Crippen LogP contribution is -2.14. The van der Waals surface area contributed by atoms with E-state index in [9.17, 15) is 22.1 Å². The summed E-state index contributed by atoms with van der Waals surface area (Å²) in [4.78, 5) is 17.6. The highest BCUT2D eigenvalue weighted by molar-refractivity contribution is 9.10. The van der Waals surface area contributed by atoms with E-state index >= 15 is 0 Å². The Kier molecular flexibility index (Phi) is 10.1. The van der Waals surface area contributed by atoms with Crippen LogP contribution in [0.1, 0.15) is 36.6 Å². The zero-order valence-electron chi connectivity index (χ0n) is 19.4. The molecule has 0 fully saturated rings. The van der Waals surface area contributed by atoms with Crippen LogP contribution in [-0.4, -0.2) is 9.79 Å². The van der Waals surface area contributed by atoms with Crippen molar-refractivity contribution in [3.8, 4) is 12.1 Å². The van der Waals surface area contributed by atoms with Crippen molar-refractivity contribution in [2.24, 2.45) is 0 Å². The van der Waals surface area contributed by atoms with Crippen LogP contribution in [-0.2, 0) is 22.6 Å². The standard InChI is InChI=1S/C14H10BrF2N.C12H7BrF2NO3P.CH4/c1-14(16,17)12-7-11-6-9(4-5-18)2-3-10(11)8-13(12)15;13-11-5-8-2-1-7(6-16)3-9(8)4-10(11)12(14,15)20(17,18)19;/h2-3,6-8H,4H2,1H3;1-5H,(H2,17,18,19);1H4. The highest BCUT2D eigenvalue weighted by Crippen LogP contribution is 2.60. The topological polar surface area (TPSA) is 105 Å². The normalized spacial score (nSPS) is 11.7. The zero-order chi connectivity index (χ0) is 28.5. The average Bonchev–Trinajstić information content (AvgIpc) is 2.82. The Morgan fingerprint density at radius 1 is 0.821 bits per heavy atom. The molecule has 0 aliphatic carbocycles. The summed E-state index contributed by atoms with van der Waals surface area (Å²) >= 11 is 6.06. The molecule has 5 nitrogen and oxygen atoms in total. The Bertz CT molecular complexity index is 1670. The van der Waals surface area contributed by atoms with Crippen LogP contribution in [0.25, 0.3) is 21.5 Å². The summed E-state index contributed by atoms with van der Waals surface area (Å²) in [5.41, 5.74) is -4.05. The molecule has 0 aromatic heterocycles. The first-order valence-electron chi connectivity index (χ1n) is 10.6. The number of hydrogen-bond acceptors (Lipinski definition) is 3. The maximum absolute atomic E-state index is 13.8. The van der Waals surface area contributed by atoms with Crippen LogP contribution < -0.4 is 0 Å². The third-order valence-electron chi connectivity index (χ3n) is 5.49. The lowest BCUT2D eigenvalue weighted by molar-refractivity contribution is 0.0168. The van der Waals surface area contributed by atoms with Gasteiger partial charge in [0.2, 0.25) is 0 Å². The number of alkyl halides is 4. The van der Waals surface area contributed by atoms with Crippen molar-refractivity contribution in [2.75, 3.05) is 0 Å². The van der Waals surface area contributed by atoms with Crippen molar-refractivity contribution >= 4 is 61.0 Å². The molecule has 0 amide bonds. The molecule has 4 aromatic rings. The number of rotatable bonds is 4. The molecule has 39 heavy (non-hydrogen) atoms. The molecule has 0 saturated heterocycles. The first-order valence-corrected chi connectivity index (χ1v) is 13.8. The third-order valence-corrected chi connectivity index (χ3v) is 7.78. The van der Waals surface area contributed by atoms with Gasteiger partial charge in [-0.15, -0.1) is 0 Å². The van der Waals surface area contributed by atoms with Gasteiger partial charge < -0.3 is 9.79 Å². The predicted octanol–water partition coefficient (Wildman–Crippen LogP) is 9.12. The Morgan fingerprint density at radius 3 is 1.85 bits per heavy atom. The SMILES string of the molecule is C.CC(F)(F)c1cc2cc(CC#N)ccc2cc1Br.N#Cc1ccc2cc(Br)c(C(F)(F)P(=O)(O)O)cc2c1. The number of nitrogens with zero attached hydrogens (tertiary/aromatic N) is 2. The van der Waals surface area contributed by atoms with Crippen LogP contribution in [0, 0.1) is 22.7 Å². The van der Waals surface area contributed by atoms with Crippen molar-refractivity contribution in [3.05, 3.63) is 91.9 Å². The number of fused-ring (bicyclic) bond motifs is 2. The monoisotopic (exact) mass is 686 g/mol. The molecule has 0 atom stereocenters. The van der Waals surface area contributed by atoms with E-state index in [4.69, 9.17) is 20.3 Å². The smallest absolute Gasteiger partial charge is 0.320 e. The van der Waals surface area contributed by atoms with Crippen LogP contribution in [0.5, 0.6) is 0 Å². The van der Waals surface area contributed by atoms with Crippen molar-refractivity contribution in [2.45, 2.75) is 32.4 Å². The molecule has 0 unspecified atom stereocenters. The fourth-order valence-electron chi connectivity index (χ4n) is 3.58. The molecule has 204 valence electrons. The molecule has 0 spiro atoms. The molecule has 4 aromatic carbocycles. The summed E-state index contributed by atoms with van der Waals surface area (Å²) in [6, 6.07) is 19.3. The Hall–Kier alpha value is -2.79. The minimum Gasteiger partial charge on any atom is -0.320 e. The minimum absolute atomic E-state index is 0. The van der Waals surface area contributed by atoms with Crippen molar-refractivity contribution in [1.82, 2.24) is 0 Å². The first kappa shape index (κ1) is 32.4. The Labute approximate surface area is 239 Å². The van der Waals surface area contributed by atoms with Gasteiger partial charge in [-0.2, -0.15) is 19.3 Å². The second kappa shape index (κ2) is 12.2. The first-order chi connectivity index (χ1) is 17.6. The third kappa shape index (κ3) is 7.25. The summed E-state index contributed by atoms with van der Waals surface area (Å²) < 4.78 is 65.6. The molecule has 0 aliphatic heterocycles. The Morgan fingerprint density at radius 2 is 1.33 bits per heavy atom. The molecule has 0 radical (unpaired) electrons. The maximum atomic E-state index is 13.8.